The fraction of sp³-hybridized carbons (Fsp3) is 0.0435. The minimum absolute atomic E-state index is 0. The van der Waals surface area contributed by atoms with E-state index in [1.54, 1.807) is 0 Å². The largest absolute Gasteiger partial charge is 0.256 e. The number of hydrogen-bond acceptors (Lipinski definition) is 4. The Labute approximate surface area is 292 Å². The van der Waals surface area contributed by atoms with E-state index in [9.17, 15) is 0 Å². The quantitative estimate of drug-likeness (QED) is 0.181. The number of fused-ring (bicyclic) bond motifs is 3. The van der Waals surface area contributed by atoms with Gasteiger partial charge in [0.1, 0.15) is 0 Å². The van der Waals surface area contributed by atoms with Crippen LogP contribution in [0.2, 0.25) is 0 Å². The lowest BCUT2D eigenvalue weighted by molar-refractivity contribution is 1.07. The molecule has 0 saturated carbocycles. The maximum atomic E-state index is 5.08. The highest BCUT2D eigenvalue weighted by Gasteiger charge is 2.25. The number of rotatable bonds is 6. The molecule has 0 amide bonds. The maximum Gasteiger partial charge on any atom is 0.164 e. The number of hydrogen-bond donors (Lipinski definition) is 0. The Hall–Kier alpha value is -6.52. The molecular formula is C46H34N4. The van der Waals surface area contributed by atoms with Crippen molar-refractivity contribution in [2.24, 2.45) is 0 Å². The third-order valence-corrected chi connectivity index (χ3v) is 9.24. The first-order valence-electron chi connectivity index (χ1n) is 16.5. The van der Waals surface area contributed by atoms with E-state index in [4.69, 9.17) is 19.9 Å². The van der Waals surface area contributed by atoms with Gasteiger partial charge in [0.05, 0.1) is 5.69 Å². The van der Waals surface area contributed by atoms with Crippen LogP contribution in [0.1, 0.15) is 18.6 Å². The predicted octanol–water partition coefficient (Wildman–Crippen LogP) is 11.5. The van der Waals surface area contributed by atoms with Gasteiger partial charge in [0.15, 0.2) is 17.5 Å². The van der Waals surface area contributed by atoms with Crippen LogP contribution in [0.15, 0.2) is 170 Å². The molecule has 238 valence electrons. The molecule has 6 aromatic carbocycles. The van der Waals surface area contributed by atoms with Crippen molar-refractivity contribution in [3.8, 4) is 78.8 Å². The lowest BCUT2D eigenvalue weighted by atomic mass is 9.92. The molecule has 0 atom stereocenters. The zero-order chi connectivity index (χ0) is 32.6. The van der Waals surface area contributed by atoms with Crippen LogP contribution in [0.3, 0.4) is 0 Å². The van der Waals surface area contributed by atoms with Gasteiger partial charge < -0.3 is 0 Å². The smallest absolute Gasteiger partial charge is 0.164 e. The SMILES string of the molecule is C.c1ccc(-c2nc(-c3ccccc3)nc(-c3cc(-c4ccccn4)cc(-c4cccc5c4Cc4c(-c6ccccc6)cccc4-5)c3)n2)cc1. The summed E-state index contributed by atoms with van der Waals surface area (Å²) in [4.78, 5) is 19.8. The van der Waals surface area contributed by atoms with Gasteiger partial charge in [0.25, 0.3) is 0 Å². The molecule has 2 heterocycles. The van der Waals surface area contributed by atoms with E-state index >= 15 is 0 Å². The summed E-state index contributed by atoms with van der Waals surface area (Å²) in [5.41, 5.74) is 14.8. The van der Waals surface area contributed by atoms with Crippen LogP contribution in [-0.4, -0.2) is 19.9 Å². The zero-order valence-electron chi connectivity index (χ0n) is 26.7. The average Bonchev–Trinajstić information content (AvgIpc) is 3.58. The molecule has 1 aliphatic rings. The van der Waals surface area contributed by atoms with Crippen molar-refractivity contribution >= 4 is 0 Å². The second kappa shape index (κ2) is 13.2. The maximum absolute atomic E-state index is 5.08. The highest BCUT2D eigenvalue weighted by Crippen LogP contribution is 2.46. The summed E-state index contributed by atoms with van der Waals surface area (Å²) in [5.74, 6) is 1.89. The second-order valence-electron chi connectivity index (χ2n) is 12.3. The highest BCUT2D eigenvalue weighted by molar-refractivity contribution is 5.91. The Morgan fingerprint density at radius 3 is 1.32 bits per heavy atom. The van der Waals surface area contributed by atoms with Crippen molar-refractivity contribution in [2.75, 3.05) is 0 Å². The number of benzene rings is 6. The Kier molecular flexibility index (Phi) is 8.11. The molecule has 0 aliphatic heterocycles. The molecule has 2 aromatic heterocycles. The van der Waals surface area contributed by atoms with Crippen LogP contribution in [0, 0.1) is 0 Å². The fourth-order valence-electron chi connectivity index (χ4n) is 6.93. The molecule has 0 unspecified atom stereocenters. The molecule has 0 saturated heterocycles. The van der Waals surface area contributed by atoms with Crippen LogP contribution in [0.4, 0.5) is 0 Å². The summed E-state index contributed by atoms with van der Waals surface area (Å²) >= 11 is 0. The van der Waals surface area contributed by atoms with Crippen LogP contribution in [0.5, 0.6) is 0 Å². The molecule has 0 bridgehead atoms. The van der Waals surface area contributed by atoms with Crippen LogP contribution in [-0.2, 0) is 6.42 Å². The molecule has 0 radical (unpaired) electrons. The zero-order valence-corrected chi connectivity index (χ0v) is 26.7. The second-order valence-corrected chi connectivity index (χ2v) is 12.3. The molecule has 0 spiro atoms. The third kappa shape index (κ3) is 5.67. The summed E-state index contributed by atoms with van der Waals surface area (Å²) in [6, 6.07) is 56.9. The van der Waals surface area contributed by atoms with E-state index in [2.05, 4.69) is 91.0 Å². The van der Waals surface area contributed by atoms with Crippen molar-refractivity contribution < 1.29 is 0 Å². The van der Waals surface area contributed by atoms with Gasteiger partial charge in [0, 0.05) is 28.5 Å². The molecular weight excluding hydrogens is 609 g/mol. The van der Waals surface area contributed by atoms with Gasteiger partial charge >= 0.3 is 0 Å². The minimum atomic E-state index is 0. The van der Waals surface area contributed by atoms with Crippen LogP contribution < -0.4 is 0 Å². The molecule has 9 rings (SSSR count). The molecule has 50 heavy (non-hydrogen) atoms. The standard InChI is InChI=1S/C45H30N4.CH4/c1-4-14-30(15-5-1)36-20-12-22-38-39-23-13-21-37(41(39)29-40(36)38)33-26-34(42-24-10-11-25-46-42)28-35(27-33)45-48-43(31-16-6-2-7-17-31)47-44(49-45)32-18-8-3-9-19-32;/h1-28H,29H2;1H4. The van der Waals surface area contributed by atoms with Gasteiger partial charge in [-0.25, -0.2) is 15.0 Å². The van der Waals surface area contributed by atoms with Crippen molar-refractivity contribution in [3.63, 3.8) is 0 Å². The Bertz CT molecular complexity index is 2380. The van der Waals surface area contributed by atoms with Gasteiger partial charge in [-0.15, -0.1) is 0 Å². The minimum Gasteiger partial charge on any atom is -0.256 e. The van der Waals surface area contributed by atoms with Crippen molar-refractivity contribution in [1.29, 1.82) is 0 Å². The molecule has 4 nitrogen and oxygen atoms in total. The summed E-state index contributed by atoms with van der Waals surface area (Å²) in [6.45, 7) is 0. The first-order valence-corrected chi connectivity index (χ1v) is 16.5. The van der Waals surface area contributed by atoms with Crippen molar-refractivity contribution in [2.45, 2.75) is 13.8 Å². The molecule has 0 N–H and O–H groups in total. The first kappa shape index (κ1) is 30.8. The number of aromatic nitrogens is 4. The molecule has 1 aliphatic carbocycles. The van der Waals surface area contributed by atoms with E-state index < -0.39 is 0 Å². The topological polar surface area (TPSA) is 51.6 Å². The van der Waals surface area contributed by atoms with Gasteiger partial charge in [0.2, 0.25) is 0 Å². The Balaban J connectivity index is 0.00000361. The van der Waals surface area contributed by atoms with Gasteiger partial charge in [-0.2, -0.15) is 0 Å². The van der Waals surface area contributed by atoms with Crippen molar-refractivity contribution in [1.82, 2.24) is 19.9 Å². The lowest BCUT2D eigenvalue weighted by Gasteiger charge is -2.14. The third-order valence-electron chi connectivity index (χ3n) is 9.24. The Morgan fingerprint density at radius 2 is 0.780 bits per heavy atom. The van der Waals surface area contributed by atoms with E-state index in [0.29, 0.717) is 17.5 Å². The van der Waals surface area contributed by atoms with E-state index in [-0.39, 0.29) is 7.43 Å². The normalized spacial score (nSPS) is 11.4. The Morgan fingerprint density at radius 1 is 0.340 bits per heavy atom. The predicted molar refractivity (Wildman–Crippen MR) is 205 cm³/mol. The van der Waals surface area contributed by atoms with Crippen molar-refractivity contribution in [3.05, 3.63) is 181 Å². The first-order chi connectivity index (χ1) is 24.3. The van der Waals surface area contributed by atoms with Gasteiger partial charge in [-0.1, -0.05) is 141 Å². The van der Waals surface area contributed by atoms with Crippen LogP contribution >= 0.6 is 0 Å². The summed E-state index contributed by atoms with van der Waals surface area (Å²) in [5, 5.41) is 0. The number of pyridine rings is 1. The summed E-state index contributed by atoms with van der Waals surface area (Å²) in [6.07, 6.45) is 2.70. The summed E-state index contributed by atoms with van der Waals surface area (Å²) < 4.78 is 0. The molecule has 8 aromatic rings. The lowest BCUT2D eigenvalue weighted by Crippen LogP contribution is -2.01. The van der Waals surface area contributed by atoms with E-state index in [1.165, 1.54) is 38.9 Å². The average molecular weight is 643 g/mol. The fourth-order valence-corrected chi connectivity index (χ4v) is 6.93. The van der Waals surface area contributed by atoms with E-state index in [0.717, 1.165) is 39.9 Å². The monoisotopic (exact) mass is 642 g/mol. The highest BCUT2D eigenvalue weighted by atomic mass is 15.0. The molecule has 0 fully saturated rings. The van der Waals surface area contributed by atoms with Gasteiger partial charge in [-0.3, -0.25) is 4.98 Å². The van der Waals surface area contributed by atoms with E-state index in [1.807, 2.05) is 79.0 Å². The molecule has 4 heteroatoms. The number of nitrogens with zero attached hydrogens (tertiary/aromatic N) is 4. The van der Waals surface area contributed by atoms with Gasteiger partial charge in [-0.05, 0) is 81.3 Å². The summed E-state index contributed by atoms with van der Waals surface area (Å²) in [7, 11) is 0. The van der Waals surface area contributed by atoms with Crippen LogP contribution in [0.25, 0.3) is 78.8 Å².